The lowest BCUT2D eigenvalue weighted by molar-refractivity contribution is -0.133. The van der Waals surface area contributed by atoms with Crippen LogP contribution < -0.4 is 5.32 Å². The van der Waals surface area contributed by atoms with Gasteiger partial charge in [0.2, 0.25) is 11.8 Å². The zero-order valence-corrected chi connectivity index (χ0v) is 15.6. The molecule has 0 radical (unpaired) electrons. The monoisotopic (exact) mass is 367 g/mol. The van der Waals surface area contributed by atoms with Crippen LogP contribution in [0.1, 0.15) is 38.3 Å². The van der Waals surface area contributed by atoms with Gasteiger partial charge in [-0.3, -0.25) is 14.5 Å². The topological polar surface area (TPSA) is 52.7 Å². The largest absolute Gasteiger partial charge is 0.356 e. The van der Waals surface area contributed by atoms with Crippen LogP contribution in [0.5, 0.6) is 0 Å². The first-order valence-corrected chi connectivity index (χ1v) is 8.95. The Morgan fingerprint density at radius 1 is 1.35 bits per heavy atom. The molecule has 26 heavy (non-hydrogen) atoms. The second-order valence-electron chi connectivity index (χ2n) is 7.03. The number of benzene rings is 1. The van der Waals surface area contributed by atoms with Crippen LogP contribution in [0.15, 0.2) is 18.2 Å². The number of piperidine rings is 1. The quantitative estimate of drug-likeness (QED) is 0.840. The molecule has 1 aliphatic rings. The van der Waals surface area contributed by atoms with Gasteiger partial charge in [0, 0.05) is 27.1 Å². The maximum Gasteiger partial charge on any atom is 0.236 e. The normalized spacial score (nSPS) is 19.0. The molecule has 1 N–H and O–H groups in total. The maximum atomic E-state index is 13.4. The summed E-state index contributed by atoms with van der Waals surface area (Å²) in [5.74, 6) is -1.57. The van der Waals surface area contributed by atoms with Crippen molar-refractivity contribution >= 4 is 11.8 Å². The highest BCUT2D eigenvalue weighted by molar-refractivity contribution is 5.78. The molecule has 1 aromatic rings. The molecule has 1 fully saturated rings. The van der Waals surface area contributed by atoms with Crippen molar-refractivity contribution in [2.45, 2.75) is 32.7 Å². The molecular formula is C19H27F2N3O2. The molecule has 2 atom stereocenters. The Kier molecular flexibility index (Phi) is 7.08. The fourth-order valence-corrected chi connectivity index (χ4v) is 3.26. The van der Waals surface area contributed by atoms with Crippen LogP contribution in [0.3, 0.4) is 0 Å². The van der Waals surface area contributed by atoms with Gasteiger partial charge in [-0.05, 0) is 49.9 Å². The summed E-state index contributed by atoms with van der Waals surface area (Å²) in [5.41, 5.74) is 0.557. The van der Waals surface area contributed by atoms with Gasteiger partial charge in [-0.1, -0.05) is 6.07 Å². The number of likely N-dealkylation sites (N-methyl/N-ethyl adjacent to an activating group) is 1. The average Bonchev–Trinajstić information content (AvgIpc) is 2.61. The van der Waals surface area contributed by atoms with Gasteiger partial charge in [-0.15, -0.1) is 0 Å². The van der Waals surface area contributed by atoms with Crippen molar-refractivity contribution < 1.29 is 18.4 Å². The smallest absolute Gasteiger partial charge is 0.236 e. The van der Waals surface area contributed by atoms with Crippen molar-refractivity contribution in [3.05, 3.63) is 35.4 Å². The van der Waals surface area contributed by atoms with Crippen molar-refractivity contribution in [1.82, 2.24) is 15.1 Å². The molecule has 0 saturated carbocycles. The first-order chi connectivity index (χ1) is 12.3. The van der Waals surface area contributed by atoms with E-state index in [-0.39, 0.29) is 24.4 Å². The van der Waals surface area contributed by atoms with Gasteiger partial charge < -0.3 is 10.2 Å². The van der Waals surface area contributed by atoms with Crippen LogP contribution in [0.25, 0.3) is 0 Å². The molecule has 0 aromatic heterocycles. The number of carbonyl (C=O) groups is 2. The van der Waals surface area contributed by atoms with Gasteiger partial charge in [0.05, 0.1) is 12.6 Å². The third-order valence-electron chi connectivity index (χ3n) is 5.00. The van der Waals surface area contributed by atoms with Crippen molar-refractivity contribution in [1.29, 1.82) is 0 Å². The number of likely N-dealkylation sites (tertiary alicyclic amines) is 1. The maximum absolute atomic E-state index is 13.4. The number of halogens is 2. The summed E-state index contributed by atoms with van der Waals surface area (Å²) in [7, 11) is 1.67. The van der Waals surface area contributed by atoms with E-state index >= 15 is 0 Å². The summed E-state index contributed by atoms with van der Waals surface area (Å²) >= 11 is 0. The van der Waals surface area contributed by atoms with Crippen molar-refractivity contribution in [2.24, 2.45) is 5.92 Å². The Morgan fingerprint density at radius 2 is 2.08 bits per heavy atom. The Bertz CT molecular complexity index is 654. The number of hydrogen-bond acceptors (Lipinski definition) is 3. The molecule has 0 spiro atoms. The lowest BCUT2D eigenvalue weighted by Crippen LogP contribution is -2.45. The summed E-state index contributed by atoms with van der Waals surface area (Å²) in [4.78, 5) is 27.3. The van der Waals surface area contributed by atoms with E-state index in [0.29, 0.717) is 18.0 Å². The minimum atomic E-state index is -0.910. The summed E-state index contributed by atoms with van der Waals surface area (Å²) in [5, 5.41) is 2.83. The summed E-state index contributed by atoms with van der Waals surface area (Å²) < 4.78 is 26.5. The van der Waals surface area contributed by atoms with E-state index in [4.69, 9.17) is 0 Å². The molecule has 2 rings (SSSR count). The number of rotatable bonds is 6. The minimum absolute atomic E-state index is 0.0433. The second-order valence-corrected chi connectivity index (χ2v) is 7.03. The lowest BCUT2D eigenvalue weighted by Gasteiger charge is -2.34. The molecule has 2 unspecified atom stereocenters. The molecule has 1 aliphatic heterocycles. The van der Waals surface area contributed by atoms with E-state index in [9.17, 15) is 18.4 Å². The SMILES string of the molecule is CC(=O)NCC1CCCN(CC(=O)N(C)C(C)c2ccc(F)c(F)c2)C1. The van der Waals surface area contributed by atoms with Crippen LogP contribution in [-0.2, 0) is 9.59 Å². The molecule has 2 amide bonds. The predicted octanol–water partition coefficient (Wildman–Crippen LogP) is 2.33. The highest BCUT2D eigenvalue weighted by atomic mass is 19.2. The van der Waals surface area contributed by atoms with Crippen LogP contribution in [0, 0.1) is 17.6 Å². The zero-order valence-electron chi connectivity index (χ0n) is 15.6. The van der Waals surface area contributed by atoms with E-state index < -0.39 is 11.6 Å². The van der Waals surface area contributed by atoms with E-state index in [0.717, 1.165) is 38.1 Å². The third kappa shape index (κ3) is 5.49. The number of nitrogens with one attached hydrogen (secondary N) is 1. The highest BCUT2D eigenvalue weighted by Crippen LogP contribution is 2.22. The third-order valence-corrected chi connectivity index (χ3v) is 5.00. The fourth-order valence-electron chi connectivity index (χ4n) is 3.26. The van der Waals surface area contributed by atoms with Crippen molar-refractivity contribution in [3.63, 3.8) is 0 Å². The Hall–Kier alpha value is -2.02. The summed E-state index contributed by atoms with van der Waals surface area (Å²) in [6, 6.07) is 3.36. The van der Waals surface area contributed by atoms with E-state index in [2.05, 4.69) is 10.2 Å². The number of hydrogen-bond donors (Lipinski definition) is 1. The minimum Gasteiger partial charge on any atom is -0.356 e. The van der Waals surface area contributed by atoms with E-state index in [1.54, 1.807) is 18.9 Å². The van der Waals surface area contributed by atoms with Gasteiger partial charge in [-0.25, -0.2) is 8.78 Å². The Morgan fingerprint density at radius 3 is 2.73 bits per heavy atom. The molecule has 7 heteroatoms. The summed E-state index contributed by atoms with van der Waals surface area (Å²) in [6.45, 7) is 5.80. The Balaban J connectivity index is 1.91. The number of nitrogens with zero attached hydrogens (tertiary/aromatic N) is 2. The zero-order chi connectivity index (χ0) is 19.3. The van der Waals surface area contributed by atoms with E-state index in [1.807, 2.05) is 0 Å². The first-order valence-electron chi connectivity index (χ1n) is 8.95. The predicted molar refractivity (Wildman–Crippen MR) is 95.4 cm³/mol. The molecule has 0 aliphatic carbocycles. The van der Waals surface area contributed by atoms with E-state index in [1.165, 1.54) is 13.0 Å². The number of carbonyl (C=O) groups excluding carboxylic acids is 2. The first kappa shape index (κ1) is 20.3. The van der Waals surface area contributed by atoms with Gasteiger partial charge in [-0.2, -0.15) is 0 Å². The van der Waals surface area contributed by atoms with Crippen LogP contribution in [0.2, 0.25) is 0 Å². The van der Waals surface area contributed by atoms with Gasteiger partial charge in [0.15, 0.2) is 11.6 Å². The summed E-state index contributed by atoms with van der Waals surface area (Å²) in [6.07, 6.45) is 2.02. The highest BCUT2D eigenvalue weighted by Gasteiger charge is 2.25. The molecule has 1 heterocycles. The van der Waals surface area contributed by atoms with Gasteiger partial charge >= 0.3 is 0 Å². The van der Waals surface area contributed by atoms with Gasteiger partial charge in [0.1, 0.15) is 0 Å². The van der Waals surface area contributed by atoms with Crippen LogP contribution in [-0.4, -0.2) is 54.8 Å². The molecular weight excluding hydrogens is 340 g/mol. The van der Waals surface area contributed by atoms with Crippen LogP contribution in [0.4, 0.5) is 8.78 Å². The number of amides is 2. The van der Waals surface area contributed by atoms with Gasteiger partial charge in [0.25, 0.3) is 0 Å². The molecule has 0 bridgehead atoms. The molecule has 5 nitrogen and oxygen atoms in total. The second kappa shape index (κ2) is 9.07. The molecule has 1 aromatic carbocycles. The van der Waals surface area contributed by atoms with Crippen molar-refractivity contribution in [2.75, 3.05) is 33.2 Å². The lowest BCUT2D eigenvalue weighted by atomic mass is 9.98. The molecule has 1 saturated heterocycles. The van der Waals surface area contributed by atoms with Crippen molar-refractivity contribution in [3.8, 4) is 0 Å². The van der Waals surface area contributed by atoms with Crippen LogP contribution >= 0.6 is 0 Å². The Labute approximate surface area is 153 Å². The molecule has 144 valence electrons. The standard InChI is InChI=1S/C19H27F2N3O2/c1-13(16-6-7-17(20)18(21)9-16)23(3)19(26)12-24-8-4-5-15(11-24)10-22-14(2)25/h6-7,9,13,15H,4-5,8,10-12H2,1-3H3,(H,22,25). The fraction of sp³-hybridized carbons (Fsp3) is 0.579. The average molecular weight is 367 g/mol.